The van der Waals surface area contributed by atoms with Crippen molar-refractivity contribution in [2.24, 2.45) is 5.92 Å². The lowest BCUT2D eigenvalue weighted by molar-refractivity contribution is 0.0123. The molecule has 6 nitrogen and oxygen atoms in total. The van der Waals surface area contributed by atoms with Crippen molar-refractivity contribution in [1.82, 2.24) is 14.7 Å². The Bertz CT molecular complexity index is 1040. The van der Waals surface area contributed by atoms with Crippen LogP contribution in [0.4, 0.5) is 0 Å². The number of ether oxygens (including phenoxy) is 2. The van der Waals surface area contributed by atoms with Crippen LogP contribution in [-0.4, -0.2) is 52.2 Å². The number of aliphatic hydroxyl groups is 1. The maximum Gasteiger partial charge on any atom is 0.227 e. The molecular formula is C28H38ClN3O3. The fourth-order valence-corrected chi connectivity index (χ4v) is 4.15. The van der Waals surface area contributed by atoms with Crippen molar-refractivity contribution in [2.45, 2.75) is 53.2 Å². The molecular weight excluding hydrogens is 462 g/mol. The van der Waals surface area contributed by atoms with Gasteiger partial charge in [0.2, 0.25) is 5.88 Å². The van der Waals surface area contributed by atoms with Gasteiger partial charge in [0.1, 0.15) is 5.75 Å². The normalized spacial score (nSPS) is 12.5. The van der Waals surface area contributed by atoms with Crippen molar-refractivity contribution in [1.29, 1.82) is 0 Å². The van der Waals surface area contributed by atoms with Crippen molar-refractivity contribution in [3.05, 3.63) is 70.9 Å². The van der Waals surface area contributed by atoms with Crippen LogP contribution in [0, 0.1) is 12.8 Å². The van der Waals surface area contributed by atoms with Crippen molar-refractivity contribution in [3.63, 3.8) is 0 Å². The van der Waals surface area contributed by atoms with Gasteiger partial charge in [0, 0.05) is 31.3 Å². The summed E-state index contributed by atoms with van der Waals surface area (Å²) in [7, 11) is 0. The Morgan fingerprint density at radius 1 is 1.09 bits per heavy atom. The van der Waals surface area contributed by atoms with E-state index in [4.69, 9.17) is 26.2 Å². The van der Waals surface area contributed by atoms with E-state index in [1.54, 1.807) is 4.68 Å². The van der Waals surface area contributed by atoms with Gasteiger partial charge in [-0.2, -0.15) is 5.10 Å². The van der Waals surface area contributed by atoms with Gasteiger partial charge in [0.25, 0.3) is 0 Å². The van der Waals surface area contributed by atoms with Crippen molar-refractivity contribution < 1.29 is 14.6 Å². The highest BCUT2D eigenvalue weighted by molar-refractivity contribution is 6.30. The third-order valence-corrected chi connectivity index (χ3v) is 5.81. The van der Waals surface area contributed by atoms with Crippen LogP contribution in [0.25, 0.3) is 5.69 Å². The van der Waals surface area contributed by atoms with E-state index in [2.05, 4.69) is 25.7 Å². The number of aliphatic hydroxyl groups excluding tert-OH is 1. The summed E-state index contributed by atoms with van der Waals surface area (Å²) in [5, 5.41) is 16.1. The monoisotopic (exact) mass is 499 g/mol. The average molecular weight is 500 g/mol. The summed E-state index contributed by atoms with van der Waals surface area (Å²) in [6.07, 6.45) is 1.52. The largest absolute Gasteiger partial charge is 0.439 e. The SMILES string of the molecule is CCCCOCC(O)CN(Cc1c(C)nn(-c2cccc(Cl)c2)c1Oc1ccccc1)CC(C)C. The van der Waals surface area contributed by atoms with E-state index in [1.165, 1.54) is 0 Å². The molecule has 0 saturated carbocycles. The maximum atomic E-state index is 10.7. The van der Waals surface area contributed by atoms with Gasteiger partial charge in [0.05, 0.1) is 29.7 Å². The standard InChI is InChI=1S/C28H38ClN3O3/c1-5-6-15-34-20-25(33)18-31(17-21(2)3)19-27-22(4)30-32(24-12-10-11-23(29)16-24)28(27)35-26-13-8-7-9-14-26/h7-14,16,21,25,33H,5-6,15,17-20H2,1-4H3. The van der Waals surface area contributed by atoms with Crippen molar-refractivity contribution in [3.8, 4) is 17.3 Å². The molecule has 0 saturated heterocycles. The lowest BCUT2D eigenvalue weighted by Crippen LogP contribution is -2.37. The van der Waals surface area contributed by atoms with Crippen LogP contribution in [0.2, 0.25) is 5.02 Å². The molecule has 2 aromatic carbocycles. The predicted octanol–water partition coefficient (Wildman–Crippen LogP) is 6.26. The highest BCUT2D eigenvalue weighted by Gasteiger charge is 2.23. The molecule has 0 spiro atoms. The van der Waals surface area contributed by atoms with E-state index < -0.39 is 6.10 Å². The van der Waals surface area contributed by atoms with Crippen LogP contribution < -0.4 is 4.74 Å². The van der Waals surface area contributed by atoms with Crippen LogP contribution in [0.5, 0.6) is 11.6 Å². The van der Waals surface area contributed by atoms with Gasteiger partial charge in [-0.1, -0.05) is 63.1 Å². The lowest BCUT2D eigenvalue weighted by Gasteiger charge is -2.27. The molecule has 1 atom stereocenters. The van der Waals surface area contributed by atoms with Gasteiger partial charge in [0.15, 0.2) is 0 Å². The number of para-hydroxylation sites is 1. The molecule has 0 aliphatic heterocycles. The molecule has 1 unspecified atom stereocenters. The van der Waals surface area contributed by atoms with Gasteiger partial charge >= 0.3 is 0 Å². The summed E-state index contributed by atoms with van der Waals surface area (Å²) in [5.74, 6) is 1.82. The predicted molar refractivity (Wildman–Crippen MR) is 142 cm³/mol. The number of benzene rings is 2. The highest BCUT2D eigenvalue weighted by Crippen LogP contribution is 2.32. The number of nitrogens with zero attached hydrogens (tertiary/aromatic N) is 3. The van der Waals surface area contributed by atoms with E-state index in [0.29, 0.717) is 43.1 Å². The first kappa shape index (κ1) is 27.2. The summed E-state index contributed by atoms with van der Waals surface area (Å²) >= 11 is 6.28. The molecule has 1 heterocycles. The number of hydrogen-bond acceptors (Lipinski definition) is 5. The van der Waals surface area contributed by atoms with E-state index in [9.17, 15) is 5.11 Å². The summed E-state index contributed by atoms with van der Waals surface area (Å²) < 4.78 is 13.9. The second kappa shape index (κ2) is 13.6. The van der Waals surface area contributed by atoms with Gasteiger partial charge in [-0.25, -0.2) is 4.68 Å². The van der Waals surface area contributed by atoms with Crippen molar-refractivity contribution >= 4 is 11.6 Å². The van der Waals surface area contributed by atoms with Crippen LogP contribution in [0.15, 0.2) is 54.6 Å². The Kier molecular flexibility index (Phi) is 10.6. The first-order chi connectivity index (χ1) is 16.9. The Balaban J connectivity index is 1.90. The zero-order valence-electron chi connectivity index (χ0n) is 21.3. The van der Waals surface area contributed by atoms with Crippen LogP contribution in [0.1, 0.15) is 44.9 Å². The highest BCUT2D eigenvalue weighted by atomic mass is 35.5. The Morgan fingerprint density at radius 3 is 2.54 bits per heavy atom. The second-order valence-electron chi connectivity index (χ2n) is 9.35. The number of hydrogen-bond donors (Lipinski definition) is 1. The molecule has 0 bridgehead atoms. The number of halogens is 1. The molecule has 7 heteroatoms. The first-order valence-electron chi connectivity index (χ1n) is 12.4. The number of unbranched alkanes of at least 4 members (excludes halogenated alkanes) is 1. The van der Waals surface area contributed by atoms with Gasteiger partial charge in [-0.3, -0.25) is 4.90 Å². The van der Waals surface area contributed by atoms with Crippen LogP contribution >= 0.6 is 11.6 Å². The first-order valence-corrected chi connectivity index (χ1v) is 12.8. The van der Waals surface area contributed by atoms with Crippen molar-refractivity contribution in [2.75, 3.05) is 26.3 Å². The maximum absolute atomic E-state index is 10.7. The quantitative estimate of drug-likeness (QED) is 0.265. The van der Waals surface area contributed by atoms with Gasteiger partial charge in [-0.05, 0) is 49.6 Å². The third-order valence-electron chi connectivity index (χ3n) is 5.57. The van der Waals surface area contributed by atoms with Crippen LogP contribution in [0.3, 0.4) is 0 Å². The smallest absolute Gasteiger partial charge is 0.227 e. The van der Waals surface area contributed by atoms with Gasteiger partial charge < -0.3 is 14.6 Å². The minimum absolute atomic E-state index is 0.336. The molecule has 0 aliphatic carbocycles. The van der Waals surface area contributed by atoms with E-state index in [0.717, 1.165) is 42.1 Å². The molecule has 35 heavy (non-hydrogen) atoms. The van der Waals surface area contributed by atoms with E-state index in [1.807, 2.05) is 61.5 Å². The topological polar surface area (TPSA) is 59.8 Å². The minimum Gasteiger partial charge on any atom is -0.439 e. The fraction of sp³-hybridized carbons (Fsp3) is 0.464. The third kappa shape index (κ3) is 8.36. The number of aryl methyl sites for hydroxylation is 1. The number of rotatable bonds is 14. The molecule has 3 rings (SSSR count). The summed E-state index contributed by atoms with van der Waals surface area (Å²) in [4.78, 5) is 2.25. The molecule has 1 aromatic heterocycles. The molecule has 0 fully saturated rings. The molecule has 3 aromatic rings. The molecule has 0 amide bonds. The summed E-state index contributed by atoms with van der Waals surface area (Å²) in [6, 6.07) is 17.3. The zero-order chi connectivity index (χ0) is 25.2. The summed E-state index contributed by atoms with van der Waals surface area (Å²) in [6.45, 7) is 11.4. The molecule has 190 valence electrons. The van der Waals surface area contributed by atoms with E-state index in [-0.39, 0.29) is 0 Å². The fourth-order valence-electron chi connectivity index (χ4n) is 3.97. The Hall–Kier alpha value is -2.38. The van der Waals surface area contributed by atoms with E-state index >= 15 is 0 Å². The second-order valence-corrected chi connectivity index (χ2v) is 9.78. The lowest BCUT2D eigenvalue weighted by atomic mass is 10.1. The zero-order valence-corrected chi connectivity index (χ0v) is 22.0. The molecule has 1 N–H and O–H groups in total. The average Bonchev–Trinajstić information content (AvgIpc) is 3.12. The summed E-state index contributed by atoms with van der Waals surface area (Å²) in [5.41, 5.74) is 2.68. The van der Waals surface area contributed by atoms with Crippen LogP contribution in [-0.2, 0) is 11.3 Å². The molecule has 0 radical (unpaired) electrons. The molecule has 0 aliphatic rings. The van der Waals surface area contributed by atoms with Gasteiger partial charge in [-0.15, -0.1) is 0 Å². The number of aromatic nitrogens is 2. The Morgan fingerprint density at radius 2 is 1.86 bits per heavy atom. The Labute approximate surface area is 214 Å². The minimum atomic E-state index is -0.563.